The van der Waals surface area contributed by atoms with Crippen LogP contribution in [-0.2, 0) is 19.8 Å². The first-order valence-electron chi connectivity index (χ1n) is 8.18. The number of aryl methyl sites for hydroxylation is 1. The van der Waals surface area contributed by atoms with Crippen molar-refractivity contribution in [3.05, 3.63) is 51.6 Å². The predicted octanol–water partition coefficient (Wildman–Crippen LogP) is 4.97. The fourth-order valence-corrected chi connectivity index (χ4v) is 3.16. The molecule has 1 amide bonds. The Morgan fingerprint density at radius 2 is 2.00 bits per heavy atom. The van der Waals surface area contributed by atoms with Crippen LogP contribution in [0.4, 0.5) is 26.3 Å². The van der Waals surface area contributed by atoms with Gasteiger partial charge in [0.1, 0.15) is 11.3 Å². The van der Waals surface area contributed by atoms with Crippen LogP contribution in [0.5, 0.6) is 0 Å². The second kappa shape index (κ2) is 7.31. The molecule has 0 atom stereocenters. The van der Waals surface area contributed by atoms with Crippen molar-refractivity contribution in [2.45, 2.75) is 38.0 Å². The Balaban J connectivity index is 2.03. The number of amides is 1. The summed E-state index contributed by atoms with van der Waals surface area (Å²) in [6.07, 6.45) is -7.03. The maximum atomic E-state index is 14.3. The summed E-state index contributed by atoms with van der Waals surface area (Å²) in [5.41, 5.74) is -3.41. The molecule has 1 aliphatic carbocycles. The molecule has 3 rings (SSSR count). The lowest BCUT2D eigenvalue weighted by Crippen LogP contribution is -2.34. The monoisotopic (exact) mass is 425 g/mol. The fraction of sp³-hybridized carbons (Fsp3) is 0.412. The van der Waals surface area contributed by atoms with E-state index in [1.807, 2.05) is 0 Å². The molecule has 0 saturated heterocycles. The zero-order chi connectivity index (χ0) is 20.8. The molecule has 0 aliphatic heterocycles. The molecule has 0 bridgehead atoms. The molecule has 1 aromatic heterocycles. The summed E-state index contributed by atoms with van der Waals surface area (Å²) in [6, 6.07) is 2.67. The quantitative estimate of drug-likeness (QED) is 0.634. The summed E-state index contributed by atoms with van der Waals surface area (Å²) in [5, 5.41) is 3.08. The molecule has 0 radical (unpaired) electrons. The molecule has 1 heterocycles. The van der Waals surface area contributed by atoms with Crippen molar-refractivity contribution in [3.8, 4) is 0 Å². The van der Waals surface area contributed by atoms with E-state index in [1.165, 1.54) is 6.07 Å². The third kappa shape index (κ3) is 3.82. The number of halogens is 7. The zero-order valence-electron chi connectivity index (χ0n) is 14.4. The minimum Gasteiger partial charge on any atom is -0.331 e. The van der Waals surface area contributed by atoms with E-state index in [0.717, 1.165) is 24.1 Å². The lowest BCUT2D eigenvalue weighted by Gasteiger charge is -2.25. The number of hydrogen-bond acceptors (Lipinski definition) is 2. The normalized spacial score (nSPS) is 14.6. The molecule has 1 fully saturated rings. The minimum absolute atomic E-state index is 0.228. The van der Waals surface area contributed by atoms with Gasteiger partial charge in [0, 0.05) is 30.2 Å². The largest absolute Gasteiger partial charge is 0.416 e. The van der Waals surface area contributed by atoms with Gasteiger partial charge in [-0.05, 0) is 25.0 Å². The molecule has 1 saturated carbocycles. The minimum atomic E-state index is -4.73. The molecule has 4 nitrogen and oxygen atoms in total. The van der Waals surface area contributed by atoms with Gasteiger partial charge in [0.15, 0.2) is 0 Å². The van der Waals surface area contributed by atoms with Gasteiger partial charge in [-0.2, -0.15) is 22.7 Å². The van der Waals surface area contributed by atoms with Crippen LogP contribution in [-0.4, -0.2) is 26.6 Å². The molecule has 11 heteroatoms. The van der Waals surface area contributed by atoms with Crippen LogP contribution in [0.1, 0.15) is 46.4 Å². The smallest absolute Gasteiger partial charge is 0.331 e. The van der Waals surface area contributed by atoms with Crippen LogP contribution in [0.15, 0.2) is 18.2 Å². The highest BCUT2D eigenvalue weighted by Crippen LogP contribution is 2.38. The summed E-state index contributed by atoms with van der Waals surface area (Å²) < 4.78 is 81.1. The number of hydrogen-bond donors (Lipinski definition) is 0. The summed E-state index contributed by atoms with van der Waals surface area (Å²) in [4.78, 5) is 13.8. The number of carbonyl (C=O) groups is 1. The van der Waals surface area contributed by atoms with Gasteiger partial charge in [-0.25, -0.2) is 13.5 Å². The molecular formula is C17H14ClF6N3O. The summed E-state index contributed by atoms with van der Waals surface area (Å²) in [7, 11) is 1.05. The molecule has 0 spiro atoms. The van der Waals surface area contributed by atoms with Crippen molar-refractivity contribution in [2.24, 2.45) is 7.05 Å². The average molecular weight is 426 g/mol. The number of alkyl halides is 5. The lowest BCUT2D eigenvalue weighted by molar-refractivity contribution is -0.138. The molecule has 28 heavy (non-hydrogen) atoms. The Morgan fingerprint density at radius 1 is 1.36 bits per heavy atom. The number of rotatable bonds is 5. The van der Waals surface area contributed by atoms with Crippen LogP contribution in [0.25, 0.3) is 0 Å². The van der Waals surface area contributed by atoms with Crippen LogP contribution in [0, 0.1) is 5.95 Å². The van der Waals surface area contributed by atoms with E-state index in [0.29, 0.717) is 17.5 Å². The molecule has 1 aliphatic rings. The molecule has 152 valence electrons. The topological polar surface area (TPSA) is 38.1 Å². The van der Waals surface area contributed by atoms with Gasteiger partial charge in [0.2, 0.25) is 5.95 Å². The van der Waals surface area contributed by atoms with E-state index in [-0.39, 0.29) is 10.6 Å². The average Bonchev–Trinajstić information content (AvgIpc) is 3.38. The highest BCUT2D eigenvalue weighted by molar-refractivity contribution is 6.31. The van der Waals surface area contributed by atoms with E-state index < -0.39 is 53.9 Å². The number of aromatic nitrogens is 2. The van der Waals surface area contributed by atoms with E-state index in [9.17, 15) is 31.1 Å². The molecule has 0 N–H and O–H groups in total. The van der Waals surface area contributed by atoms with Gasteiger partial charge in [-0.15, -0.1) is 0 Å². The first-order chi connectivity index (χ1) is 13.0. The Hall–Kier alpha value is -2.23. The van der Waals surface area contributed by atoms with Crippen molar-refractivity contribution in [1.82, 2.24) is 14.7 Å². The highest BCUT2D eigenvalue weighted by Gasteiger charge is 2.40. The number of nitrogens with zero attached hydrogens (tertiary/aromatic N) is 3. The van der Waals surface area contributed by atoms with Crippen molar-refractivity contribution in [2.75, 3.05) is 0 Å². The fourth-order valence-electron chi connectivity index (χ4n) is 2.93. The maximum Gasteiger partial charge on any atom is 0.416 e. The third-order valence-corrected chi connectivity index (χ3v) is 4.78. The van der Waals surface area contributed by atoms with Crippen LogP contribution in [0.3, 0.4) is 0 Å². The van der Waals surface area contributed by atoms with E-state index >= 15 is 0 Å². The van der Waals surface area contributed by atoms with E-state index in [4.69, 9.17) is 11.6 Å². The second-order valence-corrected chi connectivity index (χ2v) is 6.81. The standard InChI is InChI=1S/C17H14ClF6N3O/c1-26-15(21)12(13(25-26)14(19)20)16(28)27(8-5-6-8)7-9-10(17(22,23)24)3-2-4-11(9)18/h2-4,8,14H,5-7H2,1H3. The number of carbonyl (C=O) groups excluding carboxylic acids is 1. The Bertz CT molecular complexity index is 907. The zero-order valence-corrected chi connectivity index (χ0v) is 15.2. The van der Waals surface area contributed by atoms with Gasteiger partial charge >= 0.3 is 6.18 Å². The second-order valence-electron chi connectivity index (χ2n) is 6.40. The molecular weight excluding hydrogens is 412 g/mol. The van der Waals surface area contributed by atoms with Gasteiger partial charge in [0.25, 0.3) is 12.3 Å². The summed E-state index contributed by atoms with van der Waals surface area (Å²) in [6.45, 7) is -0.588. The molecule has 1 aromatic carbocycles. The van der Waals surface area contributed by atoms with Crippen molar-refractivity contribution < 1.29 is 31.1 Å². The third-order valence-electron chi connectivity index (χ3n) is 4.43. The first kappa shape index (κ1) is 20.5. The van der Waals surface area contributed by atoms with Crippen LogP contribution in [0.2, 0.25) is 5.02 Å². The van der Waals surface area contributed by atoms with Crippen molar-refractivity contribution in [3.63, 3.8) is 0 Å². The highest BCUT2D eigenvalue weighted by atomic mass is 35.5. The Kier molecular flexibility index (Phi) is 5.35. The first-order valence-corrected chi connectivity index (χ1v) is 8.56. The van der Waals surface area contributed by atoms with Crippen molar-refractivity contribution >= 4 is 17.5 Å². The SMILES string of the molecule is Cn1nc(C(F)F)c(C(=O)N(Cc2c(Cl)cccc2C(F)(F)F)C2CC2)c1F. The van der Waals surface area contributed by atoms with Crippen LogP contribution >= 0.6 is 11.6 Å². The van der Waals surface area contributed by atoms with Gasteiger partial charge in [-0.1, -0.05) is 17.7 Å². The van der Waals surface area contributed by atoms with Crippen LogP contribution < -0.4 is 0 Å². The Labute approximate surface area is 160 Å². The lowest BCUT2D eigenvalue weighted by atomic mass is 10.1. The summed E-state index contributed by atoms with van der Waals surface area (Å²) >= 11 is 5.92. The van der Waals surface area contributed by atoms with E-state index in [1.54, 1.807) is 0 Å². The Morgan fingerprint density at radius 3 is 2.54 bits per heavy atom. The number of benzene rings is 1. The maximum absolute atomic E-state index is 14.3. The summed E-state index contributed by atoms with van der Waals surface area (Å²) in [5.74, 6) is -2.42. The van der Waals surface area contributed by atoms with E-state index in [2.05, 4.69) is 5.10 Å². The predicted molar refractivity (Wildman–Crippen MR) is 87.5 cm³/mol. The molecule has 0 unspecified atom stereocenters. The van der Waals surface area contributed by atoms with Gasteiger partial charge in [-0.3, -0.25) is 4.79 Å². The van der Waals surface area contributed by atoms with Gasteiger partial charge < -0.3 is 4.90 Å². The van der Waals surface area contributed by atoms with Crippen molar-refractivity contribution in [1.29, 1.82) is 0 Å². The van der Waals surface area contributed by atoms with Gasteiger partial charge in [0.05, 0.1) is 5.56 Å². The molecule has 2 aromatic rings.